The van der Waals surface area contributed by atoms with Crippen molar-refractivity contribution in [2.45, 2.75) is 63.2 Å². The van der Waals surface area contributed by atoms with E-state index in [1.54, 1.807) is 11.0 Å². The van der Waals surface area contributed by atoms with E-state index in [0.29, 0.717) is 11.6 Å². The van der Waals surface area contributed by atoms with Crippen molar-refractivity contribution in [3.63, 3.8) is 0 Å². The number of hydrogen-bond donors (Lipinski definition) is 0. The van der Waals surface area contributed by atoms with Crippen LogP contribution in [0.3, 0.4) is 0 Å². The van der Waals surface area contributed by atoms with Crippen LogP contribution in [0.15, 0.2) is 24.3 Å². The summed E-state index contributed by atoms with van der Waals surface area (Å²) in [5.74, 6) is -0.0968. The fourth-order valence-corrected chi connectivity index (χ4v) is 4.38. The van der Waals surface area contributed by atoms with Crippen LogP contribution in [0.4, 0.5) is 13.2 Å². The van der Waals surface area contributed by atoms with E-state index in [1.165, 1.54) is 25.3 Å². The molecule has 7 heteroatoms. The molecule has 152 valence electrons. The Bertz CT molecular complexity index is 632. The Morgan fingerprint density at radius 2 is 1.81 bits per heavy atom. The Balaban J connectivity index is 0.00000261. The minimum atomic E-state index is -4.38. The van der Waals surface area contributed by atoms with Crippen LogP contribution in [0, 0.1) is 0 Å². The van der Waals surface area contributed by atoms with Crippen molar-refractivity contribution < 1.29 is 18.0 Å². The number of benzene rings is 1. The fraction of sp³-hybridized carbons (Fsp3) is 0.650. The first-order chi connectivity index (χ1) is 12.4. The number of carbonyl (C=O) groups excluding carboxylic acids is 1. The van der Waals surface area contributed by atoms with Crippen LogP contribution in [0.25, 0.3) is 0 Å². The van der Waals surface area contributed by atoms with Crippen LogP contribution in [-0.2, 0) is 17.4 Å². The van der Waals surface area contributed by atoms with Gasteiger partial charge in [0, 0.05) is 19.1 Å². The summed E-state index contributed by atoms with van der Waals surface area (Å²) in [6, 6.07) is 5.66. The van der Waals surface area contributed by atoms with Crippen molar-refractivity contribution in [2.24, 2.45) is 0 Å². The van der Waals surface area contributed by atoms with Crippen LogP contribution in [0.5, 0.6) is 0 Å². The van der Waals surface area contributed by atoms with E-state index in [0.717, 1.165) is 44.5 Å². The highest BCUT2D eigenvalue weighted by Gasteiger charge is 2.35. The molecule has 1 amide bonds. The summed E-state index contributed by atoms with van der Waals surface area (Å²) in [5, 5.41) is 0. The summed E-state index contributed by atoms with van der Waals surface area (Å²) in [6.45, 7) is 2.19. The Morgan fingerprint density at radius 3 is 2.48 bits per heavy atom. The van der Waals surface area contributed by atoms with Gasteiger partial charge in [0.25, 0.3) is 0 Å². The lowest BCUT2D eigenvalue weighted by molar-refractivity contribution is -0.138. The van der Waals surface area contributed by atoms with E-state index < -0.39 is 11.7 Å². The molecule has 0 N–H and O–H groups in total. The van der Waals surface area contributed by atoms with Gasteiger partial charge in [-0.15, -0.1) is 12.4 Å². The second-order valence-electron chi connectivity index (χ2n) is 7.54. The minimum absolute atomic E-state index is 0. The number of likely N-dealkylation sites (N-methyl/N-ethyl adjacent to an activating group) is 1. The first-order valence-electron chi connectivity index (χ1n) is 9.52. The third-order valence-corrected chi connectivity index (χ3v) is 5.80. The molecule has 0 spiro atoms. The molecule has 27 heavy (non-hydrogen) atoms. The van der Waals surface area contributed by atoms with Gasteiger partial charge >= 0.3 is 6.18 Å². The van der Waals surface area contributed by atoms with Gasteiger partial charge in [0.15, 0.2) is 0 Å². The normalized spacial score (nSPS) is 23.7. The second kappa shape index (κ2) is 9.28. The summed E-state index contributed by atoms with van der Waals surface area (Å²) in [4.78, 5) is 17.1. The fourth-order valence-electron chi connectivity index (χ4n) is 4.38. The van der Waals surface area contributed by atoms with Gasteiger partial charge < -0.3 is 4.90 Å². The number of amides is 1. The predicted octanol–water partition coefficient (Wildman–Crippen LogP) is 4.54. The van der Waals surface area contributed by atoms with Gasteiger partial charge in [-0.2, -0.15) is 13.2 Å². The number of alkyl halides is 3. The largest absolute Gasteiger partial charge is 0.416 e. The molecule has 1 saturated carbocycles. The SMILES string of the molecule is CN(C(=O)Cc1cccc(C(F)(F)F)c1)C1CCCCC1N1CCCC1.Cl. The monoisotopic (exact) mass is 404 g/mol. The van der Waals surface area contributed by atoms with Gasteiger partial charge in [-0.25, -0.2) is 0 Å². The quantitative estimate of drug-likeness (QED) is 0.735. The first-order valence-corrected chi connectivity index (χ1v) is 9.52. The standard InChI is InChI=1S/C20H27F3N2O.ClH/c1-24(17-9-2-3-10-18(17)25-11-4-5-12-25)19(26)14-15-7-6-8-16(13-15)20(21,22)23;/h6-8,13,17-18H,2-5,9-12,14H2,1H3;1H. The summed E-state index contributed by atoms with van der Waals surface area (Å²) >= 11 is 0. The third-order valence-electron chi connectivity index (χ3n) is 5.80. The van der Waals surface area contributed by atoms with E-state index in [9.17, 15) is 18.0 Å². The highest BCUT2D eigenvalue weighted by Crippen LogP contribution is 2.31. The summed E-state index contributed by atoms with van der Waals surface area (Å²) < 4.78 is 38.6. The molecule has 2 aliphatic rings. The maximum atomic E-state index is 12.9. The average molecular weight is 405 g/mol. The predicted molar refractivity (Wildman–Crippen MR) is 102 cm³/mol. The van der Waals surface area contributed by atoms with Gasteiger partial charge in [0.05, 0.1) is 12.0 Å². The highest BCUT2D eigenvalue weighted by atomic mass is 35.5. The molecule has 1 heterocycles. The lowest BCUT2D eigenvalue weighted by atomic mass is 9.88. The van der Waals surface area contributed by atoms with Crippen LogP contribution in [0.2, 0.25) is 0 Å². The smallest absolute Gasteiger partial charge is 0.341 e. The van der Waals surface area contributed by atoms with Gasteiger partial charge in [0.2, 0.25) is 5.91 Å². The zero-order chi connectivity index (χ0) is 18.7. The van der Waals surface area contributed by atoms with Crippen LogP contribution >= 0.6 is 12.4 Å². The van der Waals surface area contributed by atoms with E-state index in [-0.39, 0.29) is 30.8 Å². The Morgan fingerprint density at radius 1 is 1.15 bits per heavy atom. The molecule has 3 nitrogen and oxygen atoms in total. The number of hydrogen-bond acceptors (Lipinski definition) is 2. The molecular formula is C20H28ClF3N2O. The van der Waals surface area contributed by atoms with Crippen molar-refractivity contribution in [2.75, 3.05) is 20.1 Å². The second-order valence-corrected chi connectivity index (χ2v) is 7.54. The number of carbonyl (C=O) groups is 1. The van der Waals surface area contributed by atoms with Crippen molar-refractivity contribution >= 4 is 18.3 Å². The first kappa shape index (κ1) is 22.0. The van der Waals surface area contributed by atoms with E-state index >= 15 is 0 Å². The van der Waals surface area contributed by atoms with Crippen molar-refractivity contribution in [1.82, 2.24) is 9.80 Å². The van der Waals surface area contributed by atoms with Crippen molar-refractivity contribution in [1.29, 1.82) is 0 Å². The molecule has 2 unspecified atom stereocenters. The molecule has 0 bridgehead atoms. The molecule has 1 saturated heterocycles. The molecule has 0 aromatic heterocycles. The van der Waals surface area contributed by atoms with Gasteiger partial charge in [-0.05, 0) is 50.4 Å². The summed E-state index contributed by atoms with van der Waals surface area (Å²) in [5.41, 5.74) is -0.275. The molecule has 1 aliphatic heterocycles. The van der Waals surface area contributed by atoms with Crippen LogP contribution < -0.4 is 0 Å². The molecule has 0 radical (unpaired) electrons. The number of nitrogens with zero attached hydrogens (tertiary/aromatic N) is 2. The number of rotatable bonds is 4. The topological polar surface area (TPSA) is 23.6 Å². The van der Waals surface area contributed by atoms with E-state index in [1.807, 2.05) is 7.05 Å². The Labute approximate surface area is 165 Å². The average Bonchev–Trinajstić information content (AvgIpc) is 3.15. The van der Waals surface area contributed by atoms with Crippen LogP contribution in [0.1, 0.15) is 49.7 Å². The highest BCUT2D eigenvalue weighted by molar-refractivity contribution is 5.85. The van der Waals surface area contributed by atoms with Gasteiger partial charge in [-0.3, -0.25) is 9.69 Å². The Kier molecular flexibility index (Phi) is 7.57. The van der Waals surface area contributed by atoms with E-state index in [2.05, 4.69) is 4.90 Å². The Hall–Kier alpha value is -1.27. The molecule has 3 rings (SSSR count). The maximum Gasteiger partial charge on any atom is 0.416 e. The molecule has 2 fully saturated rings. The number of halogens is 4. The van der Waals surface area contributed by atoms with Crippen LogP contribution in [-0.4, -0.2) is 47.9 Å². The third kappa shape index (κ3) is 5.38. The lowest BCUT2D eigenvalue weighted by Crippen LogP contribution is -2.53. The molecule has 2 atom stereocenters. The molecular weight excluding hydrogens is 377 g/mol. The van der Waals surface area contributed by atoms with Gasteiger partial charge in [0.1, 0.15) is 0 Å². The zero-order valence-electron chi connectivity index (χ0n) is 15.7. The lowest BCUT2D eigenvalue weighted by Gasteiger charge is -2.42. The molecule has 1 aromatic carbocycles. The molecule has 1 aromatic rings. The summed E-state index contributed by atoms with van der Waals surface area (Å²) in [6.07, 6.45) is 2.44. The zero-order valence-corrected chi connectivity index (χ0v) is 16.5. The number of likely N-dealkylation sites (tertiary alicyclic amines) is 1. The van der Waals surface area contributed by atoms with E-state index in [4.69, 9.17) is 0 Å². The summed E-state index contributed by atoms with van der Waals surface area (Å²) in [7, 11) is 1.81. The van der Waals surface area contributed by atoms with Crippen molar-refractivity contribution in [3.8, 4) is 0 Å². The minimum Gasteiger partial charge on any atom is -0.341 e. The maximum absolute atomic E-state index is 12.9. The van der Waals surface area contributed by atoms with Crippen molar-refractivity contribution in [3.05, 3.63) is 35.4 Å². The van der Waals surface area contributed by atoms with Gasteiger partial charge in [-0.1, -0.05) is 31.0 Å². The molecule has 1 aliphatic carbocycles.